The van der Waals surface area contributed by atoms with Crippen molar-refractivity contribution in [1.82, 2.24) is 0 Å². The number of nitrogens with one attached hydrogen (secondary N) is 1. The molecule has 1 amide bonds. The van der Waals surface area contributed by atoms with E-state index in [1.807, 2.05) is 0 Å². The summed E-state index contributed by atoms with van der Waals surface area (Å²) in [6.07, 6.45) is 5.55. The van der Waals surface area contributed by atoms with Crippen LogP contribution in [0.2, 0.25) is 5.02 Å². The third-order valence-electron chi connectivity index (χ3n) is 4.21. The quantitative estimate of drug-likeness (QED) is 0.888. The van der Waals surface area contributed by atoms with Gasteiger partial charge in [-0.25, -0.2) is 0 Å². The van der Waals surface area contributed by atoms with Crippen molar-refractivity contribution < 1.29 is 9.53 Å². The number of carbonyl (C=O) groups is 1. The van der Waals surface area contributed by atoms with Gasteiger partial charge < -0.3 is 10.1 Å². The van der Waals surface area contributed by atoms with Gasteiger partial charge in [0.2, 0.25) is 5.91 Å². The van der Waals surface area contributed by atoms with Crippen molar-refractivity contribution in [3.8, 4) is 5.75 Å². The molecule has 4 heteroatoms. The van der Waals surface area contributed by atoms with Crippen LogP contribution in [0.15, 0.2) is 18.2 Å². The van der Waals surface area contributed by atoms with Crippen molar-refractivity contribution in [3.05, 3.63) is 23.2 Å². The highest BCUT2D eigenvalue weighted by Gasteiger charge is 2.25. The number of hydrogen-bond acceptors (Lipinski definition) is 2. The van der Waals surface area contributed by atoms with E-state index in [9.17, 15) is 4.79 Å². The van der Waals surface area contributed by atoms with Gasteiger partial charge in [-0.15, -0.1) is 0 Å². The van der Waals surface area contributed by atoms with Crippen LogP contribution in [-0.4, -0.2) is 13.0 Å². The Hall–Kier alpha value is -1.22. The van der Waals surface area contributed by atoms with Crippen LogP contribution in [0, 0.1) is 11.8 Å². The Labute approximate surface area is 125 Å². The lowest BCUT2D eigenvalue weighted by atomic mass is 9.80. The van der Waals surface area contributed by atoms with Crippen molar-refractivity contribution in [2.24, 2.45) is 11.8 Å². The van der Waals surface area contributed by atoms with Crippen molar-refractivity contribution >= 4 is 23.2 Å². The highest BCUT2D eigenvalue weighted by Crippen LogP contribution is 2.32. The van der Waals surface area contributed by atoms with Crippen molar-refractivity contribution in [2.45, 2.75) is 39.0 Å². The van der Waals surface area contributed by atoms with Gasteiger partial charge >= 0.3 is 0 Å². The molecule has 1 N–H and O–H groups in total. The first-order valence-corrected chi connectivity index (χ1v) is 7.66. The standard InChI is InChI=1S/C16H22ClNO2/c1-3-11-4-6-12(7-5-11)16(19)18-13-8-9-14(17)15(10-13)20-2/h8-12H,3-7H2,1-2H3,(H,18,19). The summed E-state index contributed by atoms with van der Waals surface area (Å²) in [5.41, 5.74) is 0.744. The van der Waals surface area contributed by atoms with E-state index in [2.05, 4.69) is 12.2 Å². The van der Waals surface area contributed by atoms with E-state index in [0.717, 1.165) is 24.4 Å². The van der Waals surface area contributed by atoms with E-state index in [1.54, 1.807) is 25.3 Å². The summed E-state index contributed by atoms with van der Waals surface area (Å²) >= 11 is 5.98. The maximum Gasteiger partial charge on any atom is 0.227 e. The Balaban J connectivity index is 1.95. The minimum atomic E-state index is 0.115. The summed E-state index contributed by atoms with van der Waals surface area (Å²) in [6.45, 7) is 2.23. The van der Waals surface area contributed by atoms with Crippen molar-refractivity contribution in [2.75, 3.05) is 12.4 Å². The summed E-state index contributed by atoms with van der Waals surface area (Å²) in [6, 6.07) is 5.31. The largest absolute Gasteiger partial charge is 0.495 e. The first kappa shape index (κ1) is 15.2. The predicted octanol–water partition coefficient (Wildman–Crippen LogP) is 4.50. The van der Waals surface area contributed by atoms with E-state index in [-0.39, 0.29) is 11.8 Å². The van der Waals surface area contributed by atoms with Gasteiger partial charge in [0.05, 0.1) is 12.1 Å². The monoisotopic (exact) mass is 295 g/mol. The van der Waals surface area contributed by atoms with Crippen LogP contribution in [0.1, 0.15) is 39.0 Å². The van der Waals surface area contributed by atoms with E-state index in [0.29, 0.717) is 10.8 Å². The molecular weight excluding hydrogens is 274 g/mol. The summed E-state index contributed by atoms with van der Waals surface area (Å²) < 4.78 is 5.16. The van der Waals surface area contributed by atoms with E-state index in [1.165, 1.54) is 19.3 Å². The molecular formula is C16H22ClNO2. The number of rotatable bonds is 4. The molecule has 1 fully saturated rings. The molecule has 0 atom stereocenters. The maximum atomic E-state index is 12.3. The van der Waals surface area contributed by atoms with Crippen LogP contribution in [-0.2, 0) is 4.79 Å². The predicted molar refractivity (Wildman–Crippen MR) is 82.4 cm³/mol. The van der Waals surface area contributed by atoms with Crippen LogP contribution >= 0.6 is 11.6 Å². The second-order valence-corrected chi connectivity index (χ2v) is 5.87. The highest BCUT2D eigenvalue weighted by atomic mass is 35.5. The fraction of sp³-hybridized carbons (Fsp3) is 0.562. The summed E-state index contributed by atoms with van der Waals surface area (Å²) in [7, 11) is 1.57. The van der Waals surface area contributed by atoms with Crippen LogP contribution < -0.4 is 10.1 Å². The lowest BCUT2D eigenvalue weighted by molar-refractivity contribution is -0.121. The van der Waals surface area contributed by atoms with Gasteiger partial charge in [-0.3, -0.25) is 4.79 Å². The van der Waals surface area contributed by atoms with E-state index >= 15 is 0 Å². The molecule has 2 rings (SSSR count). The van der Waals surface area contributed by atoms with Gasteiger partial charge in [-0.1, -0.05) is 24.9 Å². The molecule has 0 aromatic heterocycles. The van der Waals surface area contributed by atoms with Crippen LogP contribution in [0.25, 0.3) is 0 Å². The van der Waals surface area contributed by atoms with Crippen LogP contribution in [0.3, 0.4) is 0 Å². The summed E-state index contributed by atoms with van der Waals surface area (Å²) in [4.78, 5) is 12.3. The molecule has 3 nitrogen and oxygen atoms in total. The molecule has 1 aromatic rings. The van der Waals surface area contributed by atoms with Gasteiger partial charge in [-0.05, 0) is 43.7 Å². The van der Waals surface area contributed by atoms with Gasteiger partial charge in [0, 0.05) is 17.7 Å². The van der Waals surface area contributed by atoms with Crippen LogP contribution in [0.5, 0.6) is 5.75 Å². The van der Waals surface area contributed by atoms with Gasteiger partial charge in [0.25, 0.3) is 0 Å². The SMILES string of the molecule is CCC1CCC(C(=O)Nc2ccc(Cl)c(OC)c2)CC1. The number of benzene rings is 1. The first-order valence-electron chi connectivity index (χ1n) is 7.28. The zero-order valence-corrected chi connectivity index (χ0v) is 12.9. The smallest absolute Gasteiger partial charge is 0.227 e. The lowest BCUT2D eigenvalue weighted by Gasteiger charge is -2.26. The van der Waals surface area contributed by atoms with Crippen molar-refractivity contribution in [3.63, 3.8) is 0 Å². The number of halogens is 1. The molecule has 0 aliphatic heterocycles. The number of carbonyl (C=O) groups excluding carboxylic acids is 1. The topological polar surface area (TPSA) is 38.3 Å². The number of anilines is 1. The molecule has 1 aromatic carbocycles. The van der Waals surface area contributed by atoms with Gasteiger partial charge in [0.1, 0.15) is 5.75 Å². The number of amides is 1. The Morgan fingerprint density at radius 3 is 2.65 bits per heavy atom. The maximum absolute atomic E-state index is 12.3. The second kappa shape index (κ2) is 6.98. The van der Waals surface area contributed by atoms with E-state index in [4.69, 9.17) is 16.3 Å². The molecule has 0 bridgehead atoms. The Morgan fingerprint density at radius 1 is 1.35 bits per heavy atom. The molecule has 20 heavy (non-hydrogen) atoms. The number of hydrogen-bond donors (Lipinski definition) is 1. The third kappa shape index (κ3) is 3.66. The molecule has 1 saturated carbocycles. The minimum absolute atomic E-state index is 0.115. The molecule has 0 saturated heterocycles. The average molecular weight is 296 g/mol. The molecule has 1 aliphatic rings. The Morgan fingerprint density at radius 2 is 2.05 bits per heavy atom. The normalized spacial score (nSPS) is 22.4. The zero-order chi connectivity index (χ0) is 14.5. The highest BCUT2D eigenvalue weighted by molar-refractivity contribution is 6.32. The van der Waals surface area contributed by atoms with Gasteiger partial charge in [0.15, 0.2) is 0 Å². The fourth-order valence-electron chi connectivity index (χ4n) is 2.81. The average Bonchev–Trinajstić information content (AvgIpc) is 2.49. The molecule has 0 radical (unpaired) electrons. The van der Waals surface area contributed by atoms with E-state index < -0.39 is 0 Å². The minimum Gasteiger partial charge on any atom is -0.495 e. The second-order valence-electron chi connectivity index (χ2n) is 5.46. The third-order valence-corrected chi connectivity index (χ3v) is 4.53. The van der Waals surface area contributed by atoms with Crippen LogP contribution in [0.4, 0.5) is 5.69 Å². The number of ether oxygens (including phenoxy) is 1. The van der Waals surface area contributed by atoms with Gasteiger partial charge in [-0.2, -0.15) is 0 Å². The molecule has 110 valence electrons. The fourth-order valence-corrected chi connectivity index (χ4v) is 3.01. The first-order chi connectivity index (χ1) is 9.63. The lowest BCUT2D eigenvalue weighted by Crippen LogP contribution is -2.27. The molecule has 0 spiro atoms. The Bertz CT molecular complexity index is 468. The number of methoxy groups -OCH3 is 1. The molecule has 0 unspecified atom stereocenters. The van der Waals surface area contributed by atoms with Crippen molar-refractivity contribution in [1.29, 1.82) is 0 Å². The zero-order valence-electron chi connectivity index (χ0n) is 12.1. The summed E-state index contributed by atoms with van der Waals surface area (Å²) in [5, 5.41) is 3.52. The molecule has 1 aliphatic carbocycles. The summed E-state index contributed by atoms with van der Waals surface area (Å²) in [5.74, 6) is 1.64. The Kier molecular flexibility index (Phi) is 5.30. The molecule has 0 heterocycles.